The van der Waals surface area contributed by atoms with Crippen molar-refractivity contribution < 1.29 is 107 Å². The topological polar surface area (TPSA) is 379 Å². The maximum absolute atomic E-state index is 12.2. The summed E-state index contributed by atoms with van der Waals surface area (Å²) in [6.45, 7) is -1.41. The van der Waals surface area contributed by atoms with Crippen LogP contribution in [0.3, 0.4) is 0 Å². The molecule has 4 heterocycles. The summed E-state index contributed by atoms with van der Waals surface area (Å²) in [5, 5.41) is 53.2. The van der Waals surface area contributed by atoms with E-state index in [1.54, 1.807) is 9.44 Å². The summed E-state index contributed by atoms with van der Waals surface area (Å²) in [7, 11) is -14.3. The van der Waals surface area contributed by atoms with Crippen molar-refractivity contribution in [1.29, 1.82) is 0 Å². The van der Waals surface area contributed by atoms with E-state index in [0.29, 0.717) is 0 Å². The van der Waals surface area contributed by atoms with E-state index < -0.39 is 136 Å². The van der Waals surface area contributed by atoms with E-state index in [0.717, 1.165) is 7.11 Å². The second-order valence-electron chi connectivity index (χ2n) is 10.5. The number of carboxylic acid groups (broad SMARTS) is 1. The highest BCUT2D eigenvalue weighted by molar-refractivity contribution is 7.84. The van der Waals surface area contributed by atoms with Crippen LogP contribution in [-0.2, 0) is 73.1 Å². The lowest BCUT2D eigenvalue weighted by molar-refractivity contribution is -0.354. The molecule has 15 atom stereocenters. The smallest absolute Gasteiger partial charge is 0.397 e. The van der Waals surface area contributed by atoms with Crippen LogP contribution in [-0.4, -0.2) is 183 Å². The molecule has 0 aromatic rings. The first kappa shape index (κ1) is 38.4. The van der Waals surface area contributed by atoms with E-state index in [-0.39, 0.29) is 6.61 Å². The first-order valence-electron chi connectivity index (χ1n) is 13.1. The normalized spacial score (nSPS) is 43.1. The van der Waals surface area contributed by atoms with Gasteiger partial charge in [-0.05, 0) is 0 Å². The summed E-state index contributed by atoms with van der Waals surface area (Å²) in [5.41, 5.74) is 0. The zero-order valence-corrected chi connectivity index (χ0v) is 26.0. The lowest BCUT2D eigenvalue weighted by atomic mass is 9.95. The minimum atomic E-state index is -5.20. The largest absolute Gasteiger partial charge is 0.479 e. The van der Waals surface area contributed by atoms with Gasteiger partial charge in [0.05, 0.1) is 13.2 Å². The maximum Gasteiger partial charge on any atom is 0.397 e. The molecule has 10 N–H and O–H groups in total. The minimum absolute atomic E-state index is 0.316. The zero-order chi connectivity index (χ0) is 35.2. The second-order valence-corrected chi connectivity index (χ2v) is 14.0. The lowest BCUT2D eigenvalue weighted by Crippen LogP contribution is -2.69. The van der Waals surface area contributed by atoms with Crippen LogP contribution >= 0.6 is 0 Å². The number of methoxy groups -OCH3 is 1. The van der Waals surface area contributed by atoms with Crippen molar-refractivity contribution in [2.45, 2.75) is 92.0 Å². The van der Waals surface area contributed by atoms with Gasteiger partial charge in [-0.2, -0.15) is 34.7 Å². The number of aliphatic hydroxyl groups excluding tert-OH is 4. The van der Waals surface area contributed by atoms with Crippen molar-refractivity contribution in [3.05, 3.63) is 0 Å². The van der Waals surface area contributed by atoms with Gasteiger partial charge in [0.15, 0.2) is 25.0 Å². The number of rotatable bonds is 13. The quantitative estimate of drug-likeness (QED) is 0.0781. The average Bonchev–Trinajstić information content (AvgIpc) is 3.38. The van der Waals surface area contributed by atoms with Crippen molar-refractivity contribution in [3.8, 4) is 0 Å². The van der Waals surface area contributed by atoms with Crippen LogP contribution in [0.25, 0.3) is 0 Å². The van der Waals surface area contributed by atoms with Crippen molar-refractivity contribution in [3.63, 3.8) is 0 Å². The lowest BCUT2D eigenvalue weighted by Gasteiger charge is -2.47. The first-order valence-corrected chi connectivity index (χ1v) is 17.3. The monoisotopic (exact) mass is 752 g/mol. The molecule has 4 fully saturated rings. The Morgan fingerprint density at radius 1 is 0.766 bits per heavy atom. The van der Waals surface area contributed by atoms with Crippen LogP contribution in [0.5, 0.6) is 0 Å². The number of nitrogens with one attached hydrogen (secondary N) is 2. The van der Waals surface area contributed by atoms with Gasteiger partial charge in [0.25, 0.3) is 0 Å². The molecule has 4 rings (SSSR count). The Labute approximate surface area is 265 Å². The molecule has 4 aliphatic rings. The Balaban J connectivity index is 1.57. The summed E-state index contributed by atoms with van der Waals surface area (Å²) in [6, 6.07) is -3.75. The van der Waals surface area contributed by atoms with Gasteiger partial charge >= 0.3 is 37.0 Å². The van der Waals surface area contributed by atoms with Crippen LogP contribution in [0.1, 0.15) is 0 Å². The Hall–Kier alpha value is -1.36. The van der Waals surface area contributed by atoms with E-state index in [4.69, 9.17) is 42.3 Å². The molecule has 0 aromatic carbocycles. The van der Waals surface area contributed by atoms with Gasteiger partial charge in [-0.3, -0.25) is 13.7 Å². The third-order valence-corrected chi connectivity index (χ3v) is 8.94. The molecule has 274 valence electrons. The SMILES string of the molecule is CO[C@H]1[C@H](O)[C@@H](NS(=O)(=O)O)[C@@H](O[C@H]2[C@H](O)[C@@H](O)[C@H](O[C@H]3[C@H](O)[C@@H](NS(=O)(=O)O)[C@@H]4OC[C@H]3O4)O[C@@H]2C(=O)O)O[C@@H]1COS(=O)(=O)O. The second kappa shape index (κ2) is 14.5. The Morgan fingerprint density at radius 3 is 1.89 bits per heavy atom. The number of fused-ring (bicyclic) bond motifs is 2. The molecular weight excluding hydrogens is 720 g/mol. The third kappa shape index (κ3) is 9.26. The highest BCUT2D eigenvalue weighted by atomic mass is 32.3. The molecule has 0 unspecified atom stereocenters. The van der Waals surface area contributed by atoms with E-state index >= 15 is 0 Å². The number of ether oxygens (including phenoxy) is 7. The molecule has 0 amide bonds. The van der Waals surface area contributed by atoms with Gasteiger partial charge in [-0.15, -0.1) is 0 Å². The van der Waals surface area contributed by atoms with Crippen LogP contribution in [0.15, 0.2) is 0 Å². The van der Waals surface area contributed by atoms with Crippen molar-refractivity contribution in [2.24, 2.45) is 0 Å². The third-order valence-electron chi connectivity index (χ3n) is 7.36. The van der Waals surface area contributed by atoms with Gasteiger partial charge in [-0.25, -0.2) is 8.98 Å². The van der Waals surface area contributed by atoms with Crippen LogP contribution in [0.4, 0.5) is 0 Å². The van der Waals surface area contributed by atoms with E-state index in [1.165, 1.54) is 0 Å². The molecule has 2 bridgehead atoms. The molecule has 0 aromatic heterocycles. The fourth-order valence-electron chi connectivity index (χ4n) is 5.37. The fourth-order valence-corrected chi connectivity index (χ4v) is 6.87. The van der Waals surface area contributed by atoms with Crippen LogP contribution in [0, 0.1) is 0 Å². The number of hydrogen-bond donors (Lipinski definition) is 10. The summed E-state index contributed by atoms with van der Waals surface area (Å²) in [5.74, 6) is -1.90. The molecule has 0 radical (unpaired) electrons. The number of carboxylic acids is 1. The first-order chi connectivity index (χ1) is 21.6. The minimum Gasteiger partial charge on any atom is -0.479 e. The Morgan fingerprint density at radius 2 is 1.34 bits per heavy atom. The molecule has 0 spiro atoms. The van der Waals surface area contributed by atoms with E-state index in [1.807, 2.05) is 0 Å². The molecule has 0 aliphatic carbocycles. The zero-order valence-electron chi connectivity index (χ0n) is 23.5. The van der Waals surface area contributed by atoms with E-state index in [9.17, 15) is 60.1 Å². The standard InChI is InChI=1S/C19H32N2O23S3/c1-37-12-5(3-39-47(34,35)36)41-18(7(8(12)22)21-46(31,32)33)43-14-10(24)11(25)19(44-15(14)16(26)27)42-13-4-2-38-17(40-4)6(9(13)23)20-45(28,29)30/h4-15,17-25H,2-3H2,1H3,(H,26,27)(H,28,29,30)(H,31,32,33)(H,34,35,36)/t4-,5-,6-,7-,8-,9-,10-,11-,12-,13-,14+,15+,17-,18-,19-/m1/s1. The van der Waals surface area contributed by atoms with Gasteiger partial charge in [0, 0.05) is 7.11 Å². The molecule has 28 heteroatoms. The highest BCUT2D eigenvalue weighted by Crippen LogP contribution is 2.35. The summed E-state index contributed by atoms with van der Waals surface area (Å²) in [4.78, 5) is 12.2. The number of aliphatic hydroxyl groups is 4. The molecule has 25 nitrogen and oxygen atoms in total. The number of hydrogen-bond acceptors (Lipinski definition) is 19. The maximum atomic E-state index is 12.2. The van der Waals surface area contributed by atoms with Gasteiger partial charge in [0.2, 0.25) is 0 Å². The van der Waals surface area contributed by atoms with E-state index in [2.05, 4.69) is 4.18 Å². The van der Waals surface area contributed by atoms with Gasteiger partial charge in [0.1, 0.15) is 67.0 Å². The predicted octanol–water partition coefficient (Wildman–Crippen LogP) is -7.15. The highest BCUT2D eigenvalue weighted by Gasteiger charge is 2.57. The molecule has 4 aliphatic heterocycles. The van der Waals surface area contributed by atoms with Crippen molar-refractivity contribution in [2.75, 3.05) is 20.3 Å². The van der Waals surface area contributed by atoms with Crippen molar-refractivity contribution >= 4 is 37.0 Å². The Bertz CT molecular complexity index is 1440. The van der Waals surface area contributed by atoms with Gasteiger partial charge < -0.3 is 58.7 Å². The predicted molar refractivity (Wildman–Crippen MR) is 139 cm³/mol. The summed E-state index contributed by atoms with van der Waals surface area (Å²) >= 11 is 0. The van der Waals surface area contributed by atoms with Crippen molar-refractivity contribution in [1.82, 2.24) is 9.44 Å². The molecule has 47 heavy (non-hydrogen) atoms. The number of carbonyl (C=O) groups is 1. The Kier molecular flexibility index (Phi) is 11.8. The molecule has 4 saturated heterocycles. The van der Waals surface area contributed by atoms with Crippen LogP contribution in [0.2, 0.25) is 0 Å². The van der Waals surface area contributed by atoms with Gasteiger partial charge in [-0.1, -0.05) is 0 Å². The average molecular weight is 753 g/mol. The molecular formula is C19H32N2O23S3. The molecule has 0 saturated carbocycles. The summed E-state index contributed by atoms with van der Waals surface area (Å²) < 4.78 is 140. The fraction of sp³-hybridized carbons (Fsp3) is 0.947. The van der Waals surface area contributed by atoms with Crippen LogP contribution < -0.4 is 9.44 Å². The number of aliphatic carboxylic acids is 1. The summed E-state index contributed by atoms with van der Waals surface area (Å²) in [6.07, 6.45) is -25.0.